The van der Waals surface area contributed by atoms with Crippen molar-refractivity contribution in [2.75, 3.05) is 6.61 Å². The quantitative estimate of drug-likeness (QED) is 0.311. The van der Waals surface area contributed by atoms with Crippen LogP contribution in [-0.4, -0.2) is 36.4 Å². The average Bonchev–Trinajstić information content (AvgIpc) is 3.37. The van der Waals surface area contributed by atoms with Crippen molar-refractivity contribution in [3.05, 3.63) is 71.8 Å². The molecule has 5 nitrogen and oxygen atoms in total. The zero-order valence-electron chi connectivity index (χ0n) is 17.6. The molecule has 5 rings (SSSR count). The standard InChI is InChI=1S/C26H26O5/c1-16-19-13-12-17(7-6-14-26(2)23(31-26)22(19)30-24(16)27)15-29-25(28)21-11-5-9-18-8-3-4-10-20(18)21/h3-5,7-11,19,22-23H,1,6,12-15H2,2H3/t19-,22-,23-,26+/m0/s1. The topological polar surface area (TPSA) is 65.1 Å². The van der Waals surface area contributed by atoms with Crippen molar-refractivity contribution < 1.29 is 23.8 Å². The second-order valence-corrected chi connectivity index (χ2v) is 8.90. The van der Waals surface area contributed by atoms with Crippen LogP contribution in [0.15, 0.2) is 66.3 Å². The van der Waals surface area contributed by atoms with Gasteiger partial charge in [0.1, 0.15) is 18.8 Å². The van der Waals surface area contributed by atoms with Crippen LogP contribution in [0.25, 0.3) is 10.8 Å². The third-order valence-corrected chi connectivity index (χ3v) is 6.84. The van der Waals surface area contributed by atoms with Gasteiger partial charge < -0.3 is 14.2 Å². The molecular weight excluding hydrogens is 392 g/mol. The van der Waals surface area contributed by atoms with Crippen LogP contribution in [0.1, 0.15) is 43.0 Å². The molecule has 2 aromatic carbocycles. The van der Waals surface area contributed by atoms with E-state index in [1.165, 1.54) is 0 Å². The molecule has 0 amide bonds. The van der Waals surface area contributed by atoms with Crippen LogP contribution >= 0.6 is 0 Å². The van der Waals surface area contributed by atoms with Gasteiger partial charge in [-0.2, -0.15) is 0 Å². The van der Waals surface area contributed by atoms with Gasteiger partial charge in [0.2, 0.25) is 0 Å². The summed E-state index contributed by atoms with van der Waals surface area (Å²) in [6, 6.07) is 13.5. The first-order valence-electron chi connectivity index (χ1n) is 10.9. The van der Waals surface area contributed by atoms with Gasteiger partial charge in [-0.15, -0.1) is 0 Å². The Kier molecular flexibility index (Phi) is 4.94. The van der Waals surface area contributed by atoms with Crippen LogP contribution in [0, 0.1) is 5.92 Å². The number of hydrogen-bond acceptors (Lipinski definition) is 5. The fourth-order valence-corrected chi connectivity index (χ4v) is 4.89. The largest absolute Gasteiger partial charge is 0.458 e. The first-order chi connectivity index (χ1) is 15.0. The Morgan fingerprint density at radius 2 is 2.03 bits per heavy atom. The first kappa shape index (κ1) is 20.0. The molecule has 2 saturated heterocycles. The summed E-state index contributed by atoms with van der Waals surface area (Å²) in [6.45, 7) is 6.26. The van der Waals surface area contributed by atoms with Crippen LogP contribution in [0.2, 0.25) is 0 Å². The predicted molar refractivity (Wildman–Crippen MR) is 117 cm³/mol. The van der Waals surface area contributed by atoms with E-state index in [1.54, 1.807) is 6.07 Å². The van der Waals surface area contributed by atoms with Crippen LogP contribution in [0.4, 0.5) is 0 Å². The van der Waals surface area contributed by atoms with Gasteiger partial charge in [-0.05, 0) is 55.0 Å². The van der Waals surface area contributed by atoms with Gasteiger partial charge >= 0.3 is 11.9 Å². The smallest absolute Gasteiger partial charge is 0.339 e. The summed E-state index contributed by atoms with van der Waals surface area (Å²) in [4.78, 5) is 24.9. The van der Waals surface area contributed by atoms with Gasteiger partial charge in [0, 0.05) is 11.5 Å². The summed E-state index contributed by atoms with van der Waals surface area (Å²) in [6.07, 6.45) is 4.96. The van der Waals surface area contributed by atoms with Gasteiger partial charge in [0.05, 0.1) is 11.2 Å². The number of allylic oxidation sites excluding steroid dienone is 1. The summed E-state index contributed by atoms with van der Waals surface area (Å²) in [7, 11) is 0. The molecule has 2 heterocycles. The predicted octanol–water partition coefficient (Wildman–Crippen LogP) is 4.75. The summed E-state index contributed by atoms with van der Waals surface area (Å²) in [5, 5.41) is 1.90. The van der Waals surface area contributed by atoms with Crippen molar-refractivity contribution in [1.82, 2.24) is 0 Å². The Balaban J connectivity index is 1.31. The van der Waals surface area contributed by atoms with E-state index >= 15 is 0 Å². The van der Waals surface area contributed by atoms with Gasteiger partial charge in [-0.1, -0.05) is 49.1 Å². The number of rotatable bonds is 3. The summed E-state index contributed by atoms with van der Waals surface area (Å²) < 4.78 is 17.2. The number of epoxide rings is 1. The fourth-order valence-electron chi connectivity index (χ4n) is 4.89. The molecule has 31 heavy (non-hydrogen) atoms. The van der Waals surface area contributed by atoms with Crippen molar-refractivity contribution in [3.63, 3.8) is 0 Å². The maximum absolute atomic E-state index is 12.8. The number of benzene rings is 2. The lowest BCUT2D eigenvalue weighted by Gasteiger charge is -2.20. The molecular formula is C26H26O5. The summed E-state index contributed by atoms with van der Waals surface area (Å²) in [5.74, 6) is -0.705. The Labute approximate surface area is 181 Å². The minimum Gasteiger partial charge on any atom is -0.458 e. The van der Waals surface area contributed by atoms with Crippen molar-refractivity contribution in [1.29, 1.82) is 0 Å². The Hall–Kier alpha value is -2.92. The molecule has 5 heteroatoms. The van der Waals surface area contributed by atoms with Crippen molar-refractivity contribution >= 4 is 22.7 Å². The Bertz CT molecular complexity index is 1090. The van der Waals surface area contributed by atoms with Gasteiger partial charge in [0.25, 0.3) is 0 Å². The lowest BCUT2D eigenvalue weighted by Crippen LogP contribution is -2.29. The van der Waals surface area contributed by atoms with Crippen LogP contribution in [0.5, 0.6) is 0 Å². The molecule has 0 spiro atoms. The highest BCUT2D eigenvalue weighted by atomic mass is 16.6. The third-order valence-electron chi connectivity index (χ3n) is 6.84. The summed E-state index contributed by atoms with van der Waals surface area (Å²) >= 11 is 0. The van der Waals surface area contributed by atoms with Gasteiger partial charge in [-0.25, -0.2) is 9.59 Å². The zero-order valence-corrected chi connectivity index (χ0v) is 17.6. The lowest BCUT2D eigenvalue weighted by atomic mass is 9.84. The van der Waals surface area contributed by atoms with Crippen LogP contribution in [-0.2, 0) is 19.0 Å². The van der Waals surface area contributed by atoms with Crippen LogP contribution < -0.4 is 0 Å². The zero-order chi connectivity index (χ0) is 21.6. The molecule has 0 aromatic heterocycles. The van der Waals surface area contributed by atoms with E-state index in [-0.39, 0.29) is 42.3 Å². The molecule has 2 fully saturated rings. The van der Waals surface area contributed by atoms with E-state index in [4.69, 9.17) is 14.2 Å². The number of hydrogen-bond donors (Lipinski definition) is 0. The van der Waals surface area contributed by atoms with Gasteiger partial charge in [0.15, 0.2) is 0 Å². The second-order valence-electron chi connectivity index (χ2n) is 8.90. The molecule has 0 radical (unpaired) electrons. The molecule has 0 saturated carbocycles. The number of esters is 2. The molecule has 0 N–H and O–H groups in total. The van der Waals surface area contributed by atoms with Gasteiger partial charge in [-0.3, -0.25) is 0 Å². The maximum atomic E-state index is 12.8. The van der Waals surface area contributed by atoms with E-state index in [0.717, 1.165) is 42.0 Å². The third kappa shape index (κ3) is 3.68. The lowest BCUT2D eigenvalue weighted by molar-refractivity contribution is -0.140. The van der Waals surface area contributed by atoms with E-state index in [1.807, 2.05) is 36.4 Å². The minimum absolute atomic E-state index is 0.0557. The molecule has 4 atom stereocenters. The average molecular weight is 418 g/mol. The monoisotopic (exact) mass is 418 g/mol. The highest BCUT2D eigenvalue weighted by Crippen LogP contribution is 2.49. The highest BCUT2D eigenvalue weighted by molar-refractivity contribution is 6.04. The number of ether oxygens (including phenoxy) is 3. The van der Waals surface area contributed by atoms with E-state index < -0.39 is 0 Å². The minimum atomic E-state index is -0.325. The highest BCUT2D eigenvalue weighted by Gasteiger charge is 2.61. The van der Waals surface area contributed by atoms with Crippen LogP contribution in [0.3, 0.4) is 0 Å². The Morgan fingerprint density at radius 1 is 1.23 bits per heavy atom. The van der Waals surface area contributed by atoms with E-state index in [2.05, 4.69) is 19.6 Å². The van der Waals surface area contributed by atoms with E-state index in [0.29, 0.717) is 11.1 Å². The number of fused-ring (bicyclic) bond motifs is 4. The maximum Gasteiger partial charge on any atom is 0.339 e. The molecule has 1 aliphatic carbocycles. The molecule has 3 aliphatic rings. The second kappa shape index (κ2) is 7.65. The molecule has 0 unspecified atom stereocenters. The van der Waals surface area contributed by atoms with Crippen molar-refractivity contribution in [3.8, 4) is 0 Å². The normalized spacial score (nSPS) is 30.1. The molecule has 2 aromatic rings. The number of carbonyl (C=O) groups excluding carboxylic acids is 2. The van der Waals surface area contributed by atoms with Crippen molar-refractivity contribution in [2.24, 2.45) is 5.92 Å². The molecule has 0 bridgehead atoms. The molecule has 2 aliphatic heterocycles. The Morgan fingerprint density at radius 3 is 2.90 bits per heavy atom. The molecule has 160 valence electrons. The SMILES string of the molecule is C=C1C(=O)O[C@H]2[C@H]1CCC(COC(=O)c1cccc3ccccc13)=CCC[C@@]1(C)O[C@@H]21. The van der Waals surface area contributed by atoms with Crippen molar-refractivity contribution in [2.45, 2.75) is 50.4 Å². The summed E-state index contributed by atoms with van der Waals surface area (Å²) in [5.41, 5.74) is 1.88. The fraction of sp³-hybridized carbons (Fsp3) is 0.385. The first-order valence-corrected chi connectivity index (χ1v) is 10.9. The number of carbonyl (C=O) groups is 2. The van der Waals surface area contributed by atoms with E-state index in [9.17, 15) is 9.59 Å².